The number of H-pyrrole nitrogens is 1. The molecule has 1 saturated heterocycles. The van der Waals surface area contributed by atoms with Gasteiger partial charge >= 0.3 is 0 Å². The van der Waals surface area contributed by atoms with Gasteiger partial charge in [-0.05, 0) is 55.9 Å². The number of likely N-dealkylation sites (tertiary alicyclic amines) is 1. The lowest BCUT2D eigenvalue weighted by atomic mass is 10.1. The first kappa shape index (κ1) is 18.4. The Morgan fingerprint density at radius 2 is 2.32 bits per heavy atom. The van der Waals surface area contributed by atoms with Gasteiger partial charge in [-0.1, -0.05) is 6.58 Å². The second-order valence-electron chi connectivity index (χ2n) is 6.88. The van der Waals surface area contributed by atoms with E-state index in [0.717, 1.165) is 41.0 Å². The Kier molecular flexibility index (Phi) is 4.99. The zero-order valence-electron chi connectivity index (χ0n) is 15.9. The number of nitrogens with one attached hydrogen (secondary N) is 2. The third-order valence-corrected chi connectivity index (χ3v) is 5.50. The summed E-state index contributed by atoms with van der Waals surface area (Å²) >= 11 is 1.36. The standard InChI is InChI=1S/C19H22N6O2S/c1-4-15(26)25-7-5-6-13(10-25)27-18-16-11(2)9-20-17(16)22-19(23-18)21-14-8-12(3)24-28-14/h4,8-9,13H,1,5-7,10H2,2-3H3,(H2,20,21,22,23)/t13-/m0/s1. The summed E-state index contributed by atoms with van der Waals surface area (Å²) in [5, 5.41) is 4.92. The summed E-state index contributed by atoms with van der Waals surface area (Å²) < 4.78 is 10.5. The lowest BCUT2D eigenvalue weighted by Gasteiger charge is -2.32. The minimum absolute atomic E-state index is 0.0677. The van der Waals surface area contributed by atoms with Crippen LogP contribution in [0, 0.1) is 13.8 Å². The average Bonchev–Trinajstić information content (AvgIpc) is 3.27. The van der Waals surface area contributed by atoms with Gasteiger partial charge in [0, 0.05) is 12.7 Å². The molecule has 28 heavy (non-hydrogen) atoms. The van der Waals surface area contributed by atoms with E-state index in [2.05, 4.69) is 31.2 Å². The molecule has 1 fully saturated rings. The maximum Gasteiger partial charge on any atom is 0.246 e. The molecule has 0 aromatic carbocycles. The minimum atomic E-state index is -0.122. The van der Waals surface area contributed by atoms with Crippen molar-refractivity contribution < 1.29 is 9.53 Å². The number of rotatable bonds is 5. The maximum atomic E-state index is 12.0. The molecule has 4 heterocycles. The number of aromatic nitrogens is 4. The summed E-state index contributed by atoms with van der Waals surface area (Å²) in [6, 6.07) is 1.94. The average molecular weight is 398 g/mol. The Morgan fingerprint density at radius 3 is 3.07 bits per heavy atom. The highest BCUT2D eigenvalue weighted by Gasteiger charge is 2.25. The number of ether oxygens (including phenoxy) is 1. The van der Waals surface area contributed by atoms with Gasteiger partial charge in [0.15, 0.2) is 0 Å². The van der Waals surface area contributed by atoms with E-state index < -0.39 is 0 Å². The van der Waals surface area contributed by atoms with Crippen LogP contribution in [0.4, 0.5) is 10.9 Å². The van der Waals surface area contributed by atoms with Gasteiger partial charge in [-0.3, -0.25) is 4.79 Å². The van der Waals surface area contributed by atoms with Gasteiger partial charge in [-0.15, -0.1) is 0 Å². The Labute approximate surface area is 166 Å². The summed E-state index contributed by atoms with van der Waals surface area (Å²) in [5.74, 6) is 0.898. The number of carbonyl (C=O) groups is 1. The molecular formula is C19H22N6O2S. The van der Waals surface area contributed by atoms with Crippen molar-refractivity contribution in [2.24, 2.45) is 0 Å². The highest BCUT2D eigenvalue weighted by molar-refractivity contribution is 7.10. The highest BCUT2D eigenvalue weighted by Crippen LogP contribution is 2.30. The van der Waals surface area contributed by atoms with Crippen LogP contribution < -0.4 is 10.1 Å². The van der Waals surface area contributed by atoms with Crippen molar-refractivity contribution in [3.05, 3.63) is 36.2 Å². The quantitative estimate of drug-likeness (QED) is 0.640. The molecule has 9 heteroatoms. The third-order valence-electron chi connectivity index (χ3n) is 4.70. The molecule has 1 aliphatic heterocycles. The zero-order chi connectivity index (χ0) is 19.7. The zero-order valence-corrected chi connectivity index (χ0v) is 16.7. The summed E-state index contributed by atoms with van der Waals surface area (Å²) in [6.45, 7) is 8.75. The fourth-order valence-electron chi connectivity index (χ4n) is 3.34. The molecule has 4 rings (SSSR count). The van der Waals surface area contributed by atoms with Crippen molar-refractivity contribution in [3.8, 4) is 5.88 Å². The number of nitrogens with zero attached hydrogens (tertiary/aromatic N) is 4. The largest absolute Gasteiger partial charge is 0.472 e. The summed E-state index contributed by atoms with van der Waals surface area (Å²) in [4.78, 5) is 26.1. The monoisotopic (exact) mass is 398 g/mol. The smallest absolute Gasteiger partial charge is 0.246 e. The van der Waals surface area contributed by atoms with E-state index in [-0.39, 0.29) is 12.0 Å². The van der Waals surface area contributed by atoms with Crippen LogP contribution in [-0.2, 0) is 4.79 Å². The summed E-state index contributed by atoms with van der Waals surface area (Å²) in [7, 11) is 0. The number of carbonyl (C=O) groups excluding carboxylic acids is 1. The van der Waals surface area contributed by atoms with E-state index in [4.69, 9.17) is 4.74 Å². The second kappa shape index (κ2) is 7.59. The van der Waals surface area contributed by atoms with Crippen LogP contribution in [0.25, 0.3) is 11.0 Å². The number of piperidine rings is 1. The predicted octanol–water partition coefficient (Wildman–Crippen LogP) is 3.33. The van der Waals surface area contributed by atoms with Gasteiger partial charge in [0.1, 0.15) is 16.8 Å². The fourth-order valence-corrected chi connectivity index (χ4v) is 4.00. The molecular weight excluding hydrogens is 376 g/mol. The number of anilines is 2. The van der Waals surface area contributed by atoms with Crippen molar-refractivity contribution in [1.29, 1.82) is 0 Å². The van der Waals surface area contributed by atoms with E-state index >= 15 is 0 Å². The van der Waals surface area contributed by atoms with Crippen LogP contribution >= 0.6 is 11.5 Å². The molecule has 1 amide bonds. The number of hydrogen-bond donors (Lipinski definition) is 2. The van der Waals surface area contributed by atoms with E-state index in [1.54, 1.807) is 4.90 Å². The Morgan fingerprint density at radius 1 is 1.46 bits per heavy atom. The first-order chi connectivity index (χ1) is 13.5. The van der Waals surface area contributed by atoms with Gasteiger partial charge < -0.3 is 19.9 Å². The van der Waals surface area contributed by atoms with Crippen molar-refractivity contribution in [2.45, 2.75) is 32.8 Å². The first-order valence-electron chi connectivity index (χ1n) is 9.17. The molecule has 146 valence electrons. The predicted molar refractivity (Wildman–Crippen MR) is 109 cm³/mol. The normalized spacial score (nSPS) is 16.9. The number of fused-ring (bicyclic) bond motifs is 1. The topological polar surface area (TPSA) is 96.0 Å². The number of amides is 1. The molecule has 2 N–H and O–H groups in total. The van der Waals surface area contributed by atoms with Gasteiger partial charge in [-0.25, -0.2) is 0 Å². The second-order valence-corrected chi connectivity index (χ2v) is 7.68. The van der Waals surface area contributed by atoms with Gasteiger partial charge in [0.05, 0.1) is 17.6 Å². The van der Waals surface area contributed by atoms with Crippen LogP contribution in [0.15, 0.2) is 24.9 Å². The van der Waals surface area contributed by atoms with Crippen molar-refractivity contribution >= 4 is 39.4 Å². The van der Waals surface area contributed by atoms with Gasteiger partial charge in [0.2, 0.25) is 17.7 Å². The van der Waals surface area contributed by atoms with E-state index in [1.807, 2.05) is 26.1 Å². The molecule has 0 spiro atoms. The lowest BCUT2D eigenvalue weighted by molar-refractivity contribution is -0.128. The number of aromatic amines is 1. The van der Waals surface area contributed by atoms with Crippen molar-refractivity contribution in [1.82, 2.24) is 24.2 Å². The minimum Gasteiger partial charge on any atom is -0.472 e. The lowest BCUT2D eigenvalue weighted by Crippen LogP contribution is -2.43. The van der Waals surface area contributed by atoms with E-state index in [1.165, 1.54) is 17.6 Å². The third kappa shape index (κ3) is 3.70. The maximum absolute atomic E-state index is 12.0. The molecule has 3 aromatic heterocycles. The van der Waals surface area contributed by atoms with Crippen LogP contribution in [0.5, 0.6) is 5.88 Å². The van der Waals surface area contributed by atoms with Gasteiger partial charge in [-0.2, -0.15) is 14.3 Å². The van der Waals surface area contributed by atoms with Crippen LogP contribution in [0.1, 0.15) is 24.1 Å². The molecule has 1 aliphatic rings. The number of hydrogen-bond acceptors (Lipinski definition) is 7. The molecule has 3 aromatic rings. The summed E-state index contributed by atoms with van der Waals surface area (Å²) in [6.07, 6.45) is 4.87. The van der Waals surface area contributed by atoms with Crippen molar-refractivity contribution in [2.75, 3.05) is 18.4 Å². The first-order valence-corrected chi connectivity index (χ1v) is 9.95. The molecule has 0 bridgehead atoms. The molecule has 8 nitrogen and oxygen atoms in total. The Hall–Kier alpha value is -2.94. The Bertz CT molecular complexity index is 1030. The van der Waals surface area contributed by atoms with Crippen LogP contribution in [0.3, 0.4) is 0 Å². The Balaban J connectivity index is 1.62. The molecule has 0 aliphatic carbocycles. The fraction of sp³-hybridized carbons (Fsp3) is 0.368. The van der Waals surface area contributed by atoms with Crippen LogP contribution in [0.2, 0.25) is 0 Å². The molecule has 0 saturated carbocycles. The molecule has 0 unspecified atom stereocenters. The summed E-state index contributed by atoms with van der Waals surface area (Å²) in [5.41, 5.74) is 2.66. The molecule has 0 radical (unpaired) electrons. The van der Waals surface area contributed by atoms with E-state index in [0.29, 0.717) is 24.0 Å². The van der Waals surface area contributed by atoms with Crippen LogP contribution in [-0.4, -0.2) is 49.3 Å². The van der Waals surface area contributed by atoms with E-state index in [9.17, 15) is 4.79 Å². The number of aryl methyl sites for hydroxylation is 2. The molecule has 1 atom stereocenters. The SMILES string of the molecule is C=CC(=O)N1CCC[C@H](Oc2nc(Nc3cc(C)ns3)nc3[nH]cc(C)c23)C1. The van der Waals surface area contributed by atoms with Crippen molar-refractivity contribution in [3.63, 3.8) is 0 Å². The van der Waals surface area contributed by atoms with Gasteiger partial charge in [0.25, 0.3) is 0 Å². The highest BCUT2D eigenvalue weighted by atomic mass is 32.1.